The van der Waals surface area contributed by atoms with E-state index in [0.29, 0.717) is 5.54 Å². The molecule has 78 valence electrons. The van der Waals surface area contributed by atoms with Crippen molar-refractivity contribution in [2.75, 3.05) is 5.32 Å². The molecule has 1 heterocycles. The van der Waals surface area contributed by atoms with Crippen LogP contribution in [0.15, 0.2) is 0 Å². The number of anilines is 1. The first kappa shape index (κ1) is 9.90. The highest BCUT2D eigenvalue weighted by atomic mass is 32.1. The molecule has 0 radical (unpaired) electrons. The second kappa shape index (κ2) is 2.92. The van der Waals surface area contributed by atoms with Gasteiger partial charge in [0.1, 0.15) is 5.82 Å². The molecule has 1 aromatic rings. The van der Waals surface area contributed by atoms with Crippen molar-refractivity contribution in [3.8, 4) is 0 Å². The van der Waals surface area contributed by atoms with Gasteiger partial charge in [0, 0.05) is 22.5 Å². The molecule has 4 heteroatoms. The van der Waals surface area contributed by atoms with Gasteiger partial charge in [-0.3, -0.25) is 0 Å². The van der Waals surface area contributed by atoms with Crippen LogP contribution in [0.25, 0.3) is 0 Å². The molecule has 0 unspecified atom stereocenters. The zero-order chi connectivity index (χ0) is 10.4. The van der Waals surface area contributed by atoms with Crippen molar-refractivity contribution in [2.24, 2.45) is 0 Å². The maximum absolute atomic E-state index is 4.50. The molecule has 0 bridgehead atoms. The van der Waals surface area contributed by atoms with E-state index in [-0.39, 0.29) is 5.41 Å². The van der Waals surface area contributed by atoms with Gasteiger partial charge >= 0.3 is 0 Å². The molecule has 0 atom stereocenters. The second-order valence-corrected chi connectivity index (χ2v) is 6.11. The monoisotopic (exact) mass is 211 g/mol. The van der Waals surface area contributed by atoms with Crippen LogP contribution in [0, 0.1) is 0 Å². The molecule has 14 heavy (non-hydrogen) atoms. The third-order valence-corrected chi connectivity index (χ3v) is 3.14. The molecule has 1 fully saturated rings. The van der Waals surface area contributed by atoms with Gasteiger partial charge in [0.15, 0.2) is 0 Å². The number of nitrogens with zero attached hydrogens (tertiary/aromatic N) is 2. The van der Waals surface area contributed by atoms with Crippen molar-refractivity contribution in [3.63, 3.8) is 0 Å². The maximum Gasteiger partial charge on any atom is 0.203 e. The lowest BCUT2D eigenvalue weighted by Crippen LogP contribution is -2.17. The first-order valence-corrected chi connectivity index (χ1v) is 5.79. The van der Waals surface area contributed by atoms with Crippen molar-refractivity contribution in [1.82, 2.24) is 9.36 Å². The first-order valence-electron chi connectivity index (χ1n) is 5.01. The molecule has 1 aliphatic carbocycles. The predicted octanol–water partition coefficient (Wildman–Crippen LogP) is 2.80. The van der Waals surface area contributed by atoms with Crippen LogP contribution in [0.3, 0.4) is 0 Å². The molecule has 1 aliphatic rings. The summed E-state index contributed by atoms with van der Waals surface area (Å²) < 4.78 is 4.37. The summed E-state index contributed by atoms with van der Waals surface area (Å²) in [6.07, 6.45) is 2.49. The number of aromatic nitrogens is 2. The molecule has 0 saturated heterocycles. The minimum Gasteiger partial charge on any atom is -0.355 e. The SMILES string of the molecule is CC1(Nc2nc(C(C)(C)C)ns2)CC1. The molecule has 0 amide bonds. The smallest absolute Gasteiger partial charge is 0.203 e. The summed E-state index contributed by atoms with van der Waals surface area (Å²) in [5.74, 6) is 0.939. The van der Waals surface area contributed by atoms with Gasteiger partial charge in [-0.15, -0.1) is 0 Å². The zero-order valence-electron chi connectivity index (χ0n) is 9.22. The van der Waals surface area contributed by atoms with Gasteiger partial charge in [-0.2, -0.15) is 4.37 Å². The highest BCUT2D eigenvalue weighted by Crippen LogP contribution is 2.38. The fourth-order valence-electron chi connectivity index (χ4n) is 1.15. The van der Waals surface area contributed by atoms with Gasteiger partial charge in [-0.1, -0.05) is 20.8 Å². The number of hydrogen-bond acceptors (Lipinski definition) is 4. The predicted molar refractivity (Wildman–Crippen MR) is 59.9 cm³/mol. The Kier molecular flexibility index (Phi) is 2.07. The summed E-state index contributed by atoms with van der Waals surface area (Å²) in [4.78, 5) is 4.50. The Bertz CT molecular complexity index is 333. The van der Waals surface area contributed by atoms with Gasteiger partial charge in [-0.25, -0.2) is 4.98 Å². The van der Waals surface area contributed by atoms with Crippen LogP contribution in [0.4, 0.5) is 5.13 Å². The molecule has 1 saturated carbocycles. The van der Waals surface area contributed by atoms with Gasteiger partial charge in [-0.05, 0) is 19.8 Å². The van der Waals surface area contributed by atoms with Gasteiger partial charge in [0.25, 0.3) is 0 Å². The van der Waals surface area contributed by atoms with E-state index >= 15 is 0 Å². The molecule has 2 rings (SSSR count). The number of nitrogens with one attached hydrogen (secondary N) is 1. The minimum atomic E-state index is 0.0564. The minimum absolute atomic E-state index is 0.0564. The van der Waals surface area contributed by atoms with Crippen LogP contribution in [-0.2, 0) is 5.41 Å². The normalized spacial score (nSPS) is 19.4. The van der Waals surface area contributed by atoms with E-state index in [2.05, 4.69) is 42.4 Å². The van der Waals surface area contributed by atoms with Crippen molar-refractivity contribution >= 4 is 16.7 Å². The lowest BCUT2D eigenvalue weighted by atomic mass is 9.96. The third-order valence-electron chi connectivity index (χ3n) is 2.51. The Hall–Kier alpha value is -0.640. The summed E-state index contributed by atoms with van der Waals surface area (Å²) in [5, 5.41) is 4.40. The average Bonchev–Trinajstić information content (AvgIpc) is 2.61. The van der Waals surface area contributed by atoms with Crippen LogP contribution in [0.1, 0.15) is 46.4 Å². The molecule has 0 aromatic carbocycles. The number of rotatable bonds is 2. The lowest BCUT2D eigenvalue weighted by Gasteiger charge is -2.12. The van der Waals surface area contributed by atoms with Crippen LogP contribution in [0.2, 0.25) is 0 Å². The van der Waals surface area contributed by atoms with Crippen LogP contribution in [-0.4, -0.2) is 14.9 Å². The van der Waals surface area contributed by atoms with Crippen molar-refractivity contribution in [3.05, 3.63) is 5.82 Å². The highest BCUT2D eigenvalue weighted by Gasteiger charge is 2.38. The fourth-order valence-corrected chi connectivity index (χ4v) is 2.06. The Balaban J connectivity index is 2.10. The second-order valence-electron chi connectivity index (χ2n) is 5.36. The average molecular weight is 211 g/mol. The first-order chi connectivity index (χ1) is 6.39. The summed E-state index contributed by atoms with van der Waals surface area (Å²) >= 11 is 1.47. The Labute approximate surface area is 89.1 Å². The molecule has 3 nitrogen and oxygen atoms in total. The van der Waals surface area contributed by atoms with Gasteiger partial charge in [0.05, 0.1) is 0 Å². The van der Waals surface area contributed by atoms with Crippen LogP contribution in [0.5, 0.6) is 0 Å². The molecular weight excluding hydrogens is 194 g/mol. The van der Waals surface area contributed by atoms with E-state index in [0.717, 1.165) is 11.0 Å². The molecule has 0 spiro atoms. The third kappa shape index (κ3) is 2.05. The fraction of sp³-hybridized carbons (Fsp3) is 0.800. The zero-order valence-corrected chi connectivity index (χ0v) is 10.0. The van der Waals surface area contributed by atoms with Crippen molar-refractivity contribution in [2.45, 2.75) is 51.5 Å². The van der Waals surface area contributed by atoms with E-state index in [1.807, 2.05) is 0 Å². The molecule has 1 N–H and O–H groups in total. The topological polar surface area (TPSA) is 37.8 Å². The maximum atomic E-state index is 4.50. The highest BCUT2D eigenvalue weighted by molar-refractivity contribution is 7.09. The number of hydrogen-bond donors (Lipinski definition) is 1. The van der Waals surface area contributed by atoms with E-state index in [4.69, 9.17) is 0 Å². The quantitative estimate of drug-likeness (QED) is 0.817. The van der Waals surface area contributed by atoms with E-state index in [1.165, 1.54) is 24.4 Å². The molecule has 0 aliphatic heterocycles. The van der Waals surface area contributed by atoms with Crippen LogP contribution >= 0.6 is 11.5 Å². The lowest BCUT2D eigenvalue weighted by molar-refractivity contribution is 0.555. The van der Waals surface area contributed by atoms with E-state index < -0.39 is 0 Å². The summed E-state index contributed by atoms with van der Waals surface area (Å²) in [6, 6.07) is 0. The molecule has 1 aromatic heterocycles. The van der Waals surface area contributed by atoms with E-state index in [1.54, 1.807) is 0 Å². The van der Waals surface area contributed by atoms with Crippen LogP contribution < -0.4 is 5.32 Å². The summed E-state index contributed by atoms with van der Waals surface area (Å²) in [7, 11) is 0. The Morgan fingerprint density at radius 1 is 1.36 bits per heavy atom. The van der Waals surface area contributed by atoms with Gasteiger partial charge < -0.3 is 5.32 Å². The van der Waals surface area contributed by atoms with Gasteiger partial charge in [0.2, 0.25) is 5.13 Å². The Morgan fingerprint density at radius 2 is 2.00 bits per heavy atom. The van der Waals surface area contributed by atoms with E-state index in [9.17, 15) is 0 Å². The van der Waals surface area contributed by atoms with Crippen molar-refractivity contribution in [1.29, 1.82) is 0 Å². The standard InChI is InChI=1S/C10H17N3S/c1-9(2,3)7-11-8(14-13-7)12-10(4)5-6-10/h5-6H2,1-4H3,(H,11,12,13). The molecular formula is C10H17N3S. The van der Waals surface area contributed by atoms with Crippen molar-refractivity contribution < 1.29 is 0 Å². The largest absolute Gasteiger partial charge is 0.355 e. The Morgan fingerprint density at radius 3 is 2.43 bits per heavy atom. The summed E-state index contributed by atoms with van der Waals surface area (Å²) in [5.41, 5.74) is 0.357. The summed E-state index contributed by atoms with van der Waals surface area (Å²) in [6.45, 7) is 8.64.